The second-order valence-corrected chi connectivity index (χ2v) is 8.24. The van der Waals surface area contributed by atoms with Crippen molar-refractivity contribution in [3.05, 3.63) is 115 Å². The second kappa shape index (κ2) is 10.1. The highest BCUT2D eigenvalue weighted by atomic mass is 19.2. The third kappa shape index (κ3) is 4.41. The second-order valence-electron chi connectivity index (χ2n) is 8.24. The summed E-state index contributed by atoms with van der Waals surface area (Å²) in [6.07, 6.45) is 0. The van der Waals surface area contributed by atoms with Crippen LogP contribution in [0.25, 0.3) is 22.3 Å². The van der Waals surface area contributed by atoms with E-state index in [0.717, 1.165) is 12.1 Å². The molecular weight excluding hydrogens is 534 g/mol. The summed E-state index contributed by atoms with van der Waals surface area (Å²) in [5.41, 5.74) is -5.61. The van der Waals surface area contributed by atoms with Crippen LogP contribution in [-0.2, 0) is 0 Å². The molecule has 4 aromatic carbocycles. The molecule has 7 nitrogen and oxygen atoms in total. The van der Waals surface area contributed by atoms with E-state index in [1.54, 1.807) is 0 Å². The van der Waals surface area contributed by atoms with Crippen molar-refractivity contribution in [3.63, 3.8) is 0 Å². The molecule has 0 aromatic heterocycles. The molecule has 0 bridgehead atoms. The quantitative estimate of drug-likeness (QED) is 0.105. The van der Waals surface area contributed by atoms with Crippen LogP contribution in [0, 0.1) is 69.0 Å². The van der Waals surface area contributed by atoms with Crippen LogP contribution in [0.15, 0.2) is 48.5 Å². The first-order valence-corrected chi connectivity index (χ1v) is 10.9. The zero-order valence-corrected chi connectivity index (χ0v) is 19.8. The van der Waals surface area contributed by atoms with Crippen LogP contribution in [0.5, 0.6) is 11.5 Å². The Labute approximate surface area is 215 Å². The smallest absolute Gasteiger partial charge is 0.325 e. The molecular formula is C26H14F6N2O5. The van der Waals surface area contributed by atoms with Gasteiger partial charge in [-0.05, 0) is 36.1 Å². The van der Waals surface area contributed by atoms with Gasteiger partial charge in [0.15, 0.2) is 23.3 Å². The molecule has 200 valence electrons. The molecule has 0 fully saturated rings. The Kier molecular flexibility index (Phi) is 7.01. The van der Waals surface area contributed by atoms with Crippen LogP contribution in [0.1, 0.15) is 11.1 Å². The van der Waals surface area contributed by atoms with Gasteiger partial charge in [0, 0.05) is 0 Å². The van der Waals surface area contributed by atoms with Gasteiger partial charge in [0.05, 0.1) is 9.85 Å². The summed E-state index contributed by atoms with van der Waals surface area (Å²) in [6, 6.07) is 10.6. The number of hydrogen-bond donors (Lipinski definition) is 0. The van der Waals surface area contributed by atoms with E-state index >= 15 is 0 Å². The molecule has 0 spiro atoms. The predicted octanol–water partition coefficient (Wildman–Crippen LogP) is 8.08. The topological polar surface area (TPSA) is 95.5 Å². The first-order valence-electron chi connectivity index (χ1n) is 10.9. The summed E-state index contributed by atoms with van der Waals surface area (Å²) in [5, 5.41) is 24.0. The molecule has 0 aliphatic carbocycles. The van der Waals surface area contributed by atoms with E-state index < -0.39 is 78.8 Å². The Hall–Kier alpha value is -4.94. The fraction of sp³-hybridized carbons (Fsp3) is 0.0769. The van der Waals surface area contributed by atoms with E-state index in [1.165, 1.54) is 50.2 Å². The lowest BCUT2D eigenvalue weighted by molar-refractivity contribution is -0.387. The normalized spacial score (nSPS) is 11.0. The average molecular weight is 548 g/mol. The van der Waals surface area contributed by atoms with Gasteiger partial charge < -0.3 is 4.74 Å². The molecule has 0 heterocycles. The molecule has 0 radical (unpaired) electrons. The molecule has 0 unspecified atom stereocenters. The van der Waals surface area contributed by atoms with E-state index in [2.05, 4.69) is 0 Å². The van der Waals surface area contributed by atoms with Crippen LogP contribution >= 0.6 is 0 Å². The number of halogens is 6. The summed E-state index contributed by atoms with van der Waals surface area (Å²) in [6.45, 7) is 2.74. The Morgan fingerprint density at radius 3 is 1.21 bits per heavy atom. The van der Waals surface area contributed by atoms with E-state index in [1.807, 2.05) is 0 Å². The van der Waals surface area contributed by atoms with Crippen molar-refractivity contribution in [1.29, 1.82) is 0 Å². The van der Waals surface area contributed by atoms with E-state index in [0.29, 0.717) is 0 Å². The van der Waals surface area contributed by atoms with Gasteiger partial charge in [-0.15, -0.1) is 0 Å². The molecule has 0 aliphatic rings. The van der Waals surface area contributed by atoms with Gasteiger partial charge in [0.2, 0.25) is 23.1 Å². The van der Waals surface area contributed by atoms with Gasteiger partial charge in [0.25, 0.3) is 0 Å². The fourth-order valence-corrected chi connectivity index (χ4v) is 4.09. The molecule has 0 saturated heterocycles. The van der Waals surface area contributed by atoms with Crippen LogP contribution in [0.3, 0.4) is 0 Å². The van der Waals surface area contributed by atoms with Gasteiger partial charge in [-0.2, -0.15) is 8.78 Å². The van der Waals surface area contributed by atoms with Crippen molar-refractivity contribution >= 4 is 11.4 Å². The first-order chi connectivity index (χ1) is 18.4. The molecule has 0 aliphatic heterocycles. The highest BCUT2D eigenvalue weighted by Gasteiger charge is 2.40. The monoisotopic (exact) mass is 548 g/mol. The highest BCUT2D eigenvalue weighted by molar-refractivity contribution is 5.83. The summed E-state index contributed by atoms with van der Waals surface area (Å²) >= 11 is 0. The molecule has 4 rings (SSSR count). The van der Waals surface area contributed by atoms with Crippen molar-refractivity contribution in [2.75, 3.05) is 0 Å². The van der Waals surface area contributed by atoms with E-state index in [4.69, 9.17) is 4.74 Å². The lowest BCUT2D eigenvalue weighted by Crippen LogP contribution is -2.09. The molecule has 0 N–H and O–H groups in total. The number of nitrogens with zero attached hydrogens (tertiary/aromatic N) is 2. The number of nitro benzene ring substituents is 2. The minimum atomic E-state index is -2.35. The summed E-state index contributed by atoms with van der Waals surface area (Å²) in [7, 11) is 0. The van der Waals surface area contributed by atoms with Gasteiger partial charge in [-0.1, -0.05) is 48.5 Å². The first kappa shape index (κ1) is 27.1. The van der Waals surface area contributed by atoms with Crippen LogP contribution in [0.2, 0.25) is 0 Å². The number of rotatable bonds is 6. The van der Waals surface area contributed by atoms with Crippen molar-refractivity contribution in [3.8, 4) is 33.8 Å². The Bertz CT molecular complexity index is 1570. The number of ether oxygens (including phenoxy) is 1. The van der Waals surface area contributed by atoms with Crippen LogP contribution in [-0.4, -0.2) is 9.85 Å². The Morgan fingerprint density at radius 2 is 0.897 bits per heavy atom. The van der Waals surface area contributed by atoms with Crippen molar-refractivity contribution < 1.29 is 40.9 Å². The lowest BCUT2D eigenvalue weighted by atomic mass is 9.97. The minimum Gasteiger partial charge on any atom is -0.436 e. The number of benzene rings is 4. The molecule has 0 amide bonds. The zero-order valence-electron chi connectivity index (χ0n) is 19.8. The number of aryl methyl sites for hydroxylation is 2. The summed E-state index contributed by atoms with van der Waals surface area (Å²) < 4.78 is 94.1. The summed E-state index contributed by atoms with van der Waals surface area (Å²) in [5.74, 6) is -16.9. The molecule has 0 saturated carbocycles. The third-order valence-corrected chi connectivity index (χ3v) is 5.91. The molecule has 4 aromatic rings. The van der Waals surface area contributed by atoms with Gasteiger partial charge in [0.1, 0.15) is 11.1 Å². The molecule has 13 heteroatoms. The van der Waals surface area contributed by atoms with Gasteiger partial charge in [-0.25, -0.2) is 17.6 Å². The SMILES string of the molecule is Cc1ccccc1-c1c(F)c(F)c(F)c(Oc2c(F)c(F)c(F)c(-c3ccccc3C)c2[N+](=O)[O-])c1[N+](=O)[O-]. The highest BCUT2D eigenvalue weighted by Crippen LogP contribution is 2.50. The maximum Gasteiger partial charge on any atom is 0.325 e. The van der Waals surface area contributed by atoms with Crippen molar-refractivity contribution in [2.24, 2.45) is 0 Å². The van der Waals surface area contributed by atoms with Crippen LogP contribution < -0.4 is 4.74 Å². The number of hydrogen-bond acceptors (Lipinski definition) is 5. The molecule has 39 heavy (non-hydrogen) atoms. The Morgan fingerprint density at radius 1 is 0.564 bits per heavy atom. The standard InChI is InChI=1S/C26H14F6N2O5/c1-11-7-3-5-9-13(11)15-17(27)19(29)21(31)25(23(15)33(35)36)39-26-22(32)20(30)18(28)16(24(26)34(37)38)14-10-6-4-8-12(14)2/h3-10H,1-2H3. The predicted molar refractivity (Wildman–Crippen MR) is 126 cm³/mol. The lowest BCUT2D eigenvalue weighted by Gasteiger charge is -2.16. The van der Waals surface area contributed by atoms with Gasteiger partial charge >= 0.3 is 11.4 Å². The van der Waals surface area contributed by atoms with E-state index in [9.17, 15) is 46.6 Å². The molecule has 0 atom stereocenters. The third-order valence-electron chi connectivity index (χ3n) is 5.91. The fourth-order valence-electron chi connectivity index (χ4n) is 4.09. The van der Waals surface area contributed by atoms with Crippen LogP contribution in [0.4, 0.5) is 37.7 Å². The van der Waals surface area contributed by atoms with Crippen molar-refractivity contribution in [1.82, 2.24) is 0 Å². The maximum absolute atomic E-state index is 15.0. The maximum atomic E-state index is 15.0. The minimum absolute atomic E-state index is 0.170. The average Bonchev–Trinajstić information content (AvgIpc) is 2.89. The van der Waals surface area contributed by atoms with E-state index in [-0.39, 0.29) is 22.3 Å². The summed E-state index contributed by atoms with van der Waals surface area (Å²) in [4.78, 5) is 21.2. The van der Waals surface area contributed by atoms with Gasteiger partial charge in [-0.3, -0.25) is 20.2 Å². The largest absolute Gasteiger partial charge is 0.436 e. The van der Waals surface area contributed by atoms with Crippen molar-refractivity contribution in [2.45, 2.75) is 13.8 Å². The number of nitro groups is 2. The zero-order chi connectivity index (χ0) is 28.8. The Balaban J connectivity index is 2.13.